The second kappa shape index (κ2) is 9.84. The van der Waals surface area contributed by atoms with Gasteiger partial charge in [0.2, 0.25) is 15.9 Å². The average molecular weight is 447 g/mol. The maximum atomic E-state index is 13.1. The number of carbonyl (C=O) groups is 1. The molecule has 0 unspecified atom stereocenters. The lowest BCUT2D eigenvalue weighted by molar-refractivity contribution is -0.385. The fourth-order valence-electron chi connectivity index (χ4n) is 3.34. The Labute approximate surface area is 176 Å². The summed E-state index contributed by atoms with van der Waals surface area (Å²) in [6.07, 6.45) is 0.562. The van der Waals surface area contributed by atoms with Crippen LogP contribution in [-0.2, 0) is 14.8 Å². The van der Waals surface area contributed by atoms with E-state index in [2.05, 4.69) is 0 Å². The second-order valence-electron chi connectivity index (χ2n) is 6.91. The van der Waals surface area contributed by atoms with Crippen molar-refractivity contribution in [1.82, 2.24) is 14.1 Å². The molecule has 0 radical (unpaired) electrons. The summed E-state index contributed by atoms with van der Waals surface area (Å²) in [5.41, 5.74) is -0.0927. The number of carbonyl (C=O) groups excluding carboxylic acids is 1. The van der Waals surface area contributed by atoms with Crippen LogP contribution in [0.15, 0.2) is 17.0 Å². The minimum absolute atomic E-state index is 0.0206. The van der Waals surface area contributed by atoms with Crippen molar-refractivity contribution in [3.8, 4) is 0 Å². The van der Waals surface area contributed by atoms with Crippen molar-refractivity contribution in [2.75, 3.05) is 45.8 Å². The van der Waals surface area contributed by atoms with Crippen LogP contribution in [-0.4, -0.2) is 79.2 Å². The minimum Gasteiger partial charge on any atom is -0.342 e. The van der Waals surface area contributed by atoms with E-state index in [-0.39, 0.29) is 46.7 Å². The number of sulfonamides is 1. The molecule has 29 heavy (non-hydrogen) atoms. The van der Waals surface area contributed by atoms with Gasteiger partial charge >= 0.3 is 0 Å². The maximum Gasteiger partial charge on any atom is 0.275 e. The molecule has 0 saturated carbocycles. The third-order valence-electron chi connectivity index (χ3n) is 5.15. The van der Waals surface area contributed by atoms with E-state index >= 15 is 0 Å². The molecule has 0 spiro atoms. The second-order valence-corrected chi connectivity index (χ2v) is 9.25. The Kier molecular flexibility index (Phi) is 7.98. The summed E-state index contributed by atoms with van der Waals surface area (Å²) in [6, 6.07) is 2.31. The topological polar surface area (TPSA) is 104 Å². The molecule has 11 heteroatoms. The molecule has 162 valence electrons. The van der Waals surface area contributed by atoms with Crippen molar-refractivity contribution >= 4 is 33.2 Å². The van der Waals surface area contributed by atoms with Crippen LogP contribution in [0.4, 0.5) is 5.69 Å². The Morgan fingerprint density at radius 3 is 2.45 bits per heavy atom. The van der Waals surface area contributed by atoms with Gasteiger partial charge in [0.25, 0.3) is 5.69 Å². The molecule has 0 N–H and O–H groups in total. The lowest BCUT2D eigenvalue weighted by atomic mass is 10.2. The normalized spacial score (nSPS) is 16.4. The monoisotopic (exact) mass is 446 g/mol. The van der Waals surface area contributed by atoms with Crippen LogP contribution in [0.3, 0.4) is 0 Å². The van der Waals surface area contributed by atoms with Crippen LogP contribution in [0, 0.1) is 17.0 Å². The van der Waals surface area contributed by atoms with E-state index in [1.807, 2.05) is 18.7 Å². The number of benzene rings is 1. The molecule has 1 amide bonds. The Hall–Kier alpha value is -1.75. The highest BCUT2D eigenvalue weighted by molar-refractivity contribution is 7.89. The van der Waals surface area contributed by atoms with Crippen molar-refractivity contribution in [3.05, 3.63) is 32.8 Å². The predicted molar refractivity (Wildman–Crippen MR) is 111 cm³/mol. The quantitative estimate of drug-likeness (QED) is 0.469. The standard InChI is InChI=1S/C18H27ClN4O5S/c1-4-21(5-2)18(24)13-20-7-6-8-22(10-9-20)29(27,28)15-11-16(19)14(3)17(12-15)23(25)26/h11-12H,4-10,13H2,1-3H3. The van der Waals surface area contributed by atoms with Gasteiger partial charge in [-0.1, -0.05) is 11.6 Å². The fraction of sp³-hybridized carbons (Fsp3) is 0.611. The van der Waals surface area contributed by atoms with Crippen molar-refractivity contribution in [1.29, 1.82) is 0 Å². The highest BCUT2D eigenvalue weighted by Gasteiger charge is 2.30. The summed E-state index contributed by atoms with van der Waals surface area (Å²) in [4.78, 5) is 26.4. The summed E-state index contributed by atoms with van der Waals surface area (Å²) in [5, 5.41) is 11.3. The molecule has 0 bridgehead atoms. The molecule has 1 heterocycles. The van der Waals surface area contributed by atoms with E-state index in [1.54, 1.807) is 4.90 Å². The Bertz CT molecular complexity index is 873. The fourth-order valence-corrected chi connectivity index (χ4v) is 5.14. The van der Waals surface area contributed by atoms with E-state index in [1.165, 1.54) is 17.3 Å². The zero-order valence-electron chi connectivity index (χ0n) is 16.9. The van der Waals surface area contributed by atoms with Gasteiger partial charge < -0.3 is 4.90 Å². The highest BCUT2D eigenvalue weighted by atomic mass is 35.5. The van der Waals surface area contributed by atoms with E-state index in [4.69, 9.17) is 11.6 Å². The van der Waals surface area contributed by atoms with Gasteiger partial charge in [-0.2, -0.15) is 4.31 Å². The minimum atomic E-state index is -3.94. The predicted octanol–water partition coefficient (Wildman–Crippen LogP) is 2.12. The summed E-state index contributed by atoms with van der Waals surface area (Å²) in [7, 11) is -3.94. The molecule has 1 aliphatic heterocycles. The first-order valence-corrected chi connectivity index (χ1v) is 11.4. The molecule has 0 aliphatic carbocycles. The molecule has 1 saturated heterocycles. The third kappa shape index (κ3) is 5.44. The van der Waals surface area contributed by atoms with Crippen LogP contribution in [0.1, 0.15) is 25.8 Å². The average Bonchev–Trinajstić information content (AvgIpc) is 2.90. The van der Waals surface area contributed by atoms with Gasteiger partial charge in [0.15, 0.2) is 0 Å². The van der Waals surface area contributed by atoms with Gasteiger partial charge in [0.1, 0.15) is 0 Å². The van der Waals surface area contributed by atoms with Crippen molar-refractivity contribution in [3.63, 3.8) is 0 Å². The number of nitro benzene ring substituents is 1. The van der Waals surface area contributed by atoms with E-state index in [0.717, 1.165) is 6.07 Å². The molecule has 9 nitrogen and oxygen atoms in total. The molecule has 1 fully saturated rings. The first kappa shape index (κ1) is 23.5. The summed E-state index contributed by atoms with van der Waals surface area (Å²) >= 11 is 6.04. The van der Waals surface area contributed by atoms with Gasteiger partial charge in [-0.3, -0.25) is 19.8 Å². The summed E-state index contributed by atoms with van der Waals surface area (Å²) in [5.74, 6) is 0.0206. The molecule has 2 rings (SSSR count). The summed E-state index contributed by atoms with van der Waals surface area (Å²) in [6.45, 7) is 8.33. The van der Waals surface area contributed by atoms with Crippen molar-refractivity contribution in [2.24, 2.45) is 0 Å². The van der Waals surface area contributed by atoms with E-state index < -0.39 is 14.9 Å². The maximum absolute atomic E-state index is 13.1. The SMILES string of the molecule is CCN(CC)C(=O)CN1CCCN(S(=O)(=O)c2cc(Cl)c(C)c([N+](=O)[O-])c2)CC1. The van der Waals surface area contributed by atoms with Crippen LogP contribution >= 0.6 is 11.6 Å². The molecule has 1 aromatic carbocycles. The third-order valence-corrected chi connectivity index (χ3v) is 7.42. The van der Waals surface area contributed by atoms with Crippen LogP contribution in [0.25, 0.3) is 0 Å². The number of likely N-dealkylation sites (N-methyl/N-ethyl adjacent to an activating group) is 1. The molecule has 1 aliphatic rings. The van der Waals surface area contributed by atoms with Crippen LogP contribution < -0.4 is 0 Å². The van der Waals surface area contributed by atoms with E-state index in [9.17, 15) is 23.3 Å². The number of nitro groups is 1. The first-order valence-electron chi connectivity index (χ1n) is 9.56. The number of hydrogen-bond acceptors (Lipinski definition) is 6. The first-order chi connectivity index (χ1) is 13.6. The smallest absolute Gasteiger partial charge is 0.275 e. The van der Waals surface area contributed by atoms with Gasteiger partial charge in [-0.05, 0) is 39.8 Å². The number of hydrogen-bond donors (Lipinski definition) is 0. The largest absolute Gasteiger partial charge is 0.342 e. The Morgan fingerprint density at radius 1 is 1.21 bits per heavy atom. The zero-order chi connectivity index (χ0) is 21.8. The number of halogens is 1. The Morgan fingerprint density at radius 2 is 1.86 bits per heavy atom. The molecular formula is C18H27ClN4O5S. The molecule has 1 aromatic rings. The lowest BCUT2D eigenvalue weighted by Gasteiger charge is -2.25. The van der Waals surface area contributed by atoms with Crippen LogP contribution in [0.5, 0.6) is 0 Å². The molecular weight excluding hydrogens is 420 g/mol. The lowest BCUT2D eigenvalue weighted by Crippen LogP contribution is -2.42. The molecule has 0 atom stereocenters. The summed E-state index contributed by atoms with van der Waals surface area (Å²) < 4.78 is 27.4. The van der Waals surface area contributed by atoms with Crippen molar-refractivity contribution < 1.29 is 18.1 Å². The number of rotatable bonds is 7. The Balaban J connectivity index is 2.17. The van der Waals surface area contributed by atoms with Gasteiger partial charge in [0.05, 0.1) is 21.4 Å². The number of nitrogens with zero attached hydrogens (tertiary/aromatic N) is 4. The van der Waals surface area contributed by atoms with Gasteiger partial charge in [-0.15, -0.1) is 0 Å². The van der Waals surface area contributed by atoms with Gasteiger partial charge in [0, 0.05) is 44.4 Å². The highest BCUT2D eigenvalue weighted by Crippen LogP contribution is 2.31. The zero-order valence-corrected chi connectivity index (χ0v) is 18.5. The van der Waals surface area contributed by atoms with E-state index in [0.29, 0.717) is 32.6 Å². The van der Waals surface area contributed by atoms with Crippen LogP contribution in [0.2, 0.25) is 5.02 Å². The van der Waals surface area contributed by atoms with Gasteiger partial charge in [-0.25, -0.2) is 8.42 Å². The van der Waals surface area contributed by atoms with Crippen molar-refractivity contribution in [2.45, 2.75) is 32.1 Å². The number of amides is 1. The molecule has 0 aromatic heterocycles.